The Kier molecular flexibility index (Phi) is 4.65. The molecular weight excluding hydrogens is 388 g/mol. The number of pyridine rings is 2. The topological polar surface area (TPSA) is 59.3 Å². The second-order valence-corrected chi connectivity index (χ2v) is 6.51. The Morgan fingerprint density at radius 3 is 2.38 bits per heavy atom. The minimum atomic E-state index is -2.99. The molecule has 1 atom stereocenters. The standard InChI is InChI=1S/C20H14F4N4O/c21-15-5-2-13(3-6-15)20(14-4-7-16(22)25-9-14)11-26-18(27-20)12-1-8-17(29)28(10-12)19(23)24/h1-10,19H,11H2,(H,26,27). The predicted octanol–water partition coefficient (Wildman–Crippen LogP) is 3.21. The van der Waals surface area contributed by atoms with Crippen LogP contribution >= 0.6 is 0 Å². The second-order valence-electron chi connectivity index (χ2n) is 6.51. The lowest BCUT2D eigenvalue weighted by atomic mass is 9.84. The van der Waals surface area contributed by atoms with Gasteiger partial charge in [0, 0.05) is 29.6 Å². The number of hydrogen-bond acceptors (Lipinski definition) is 4. The molecule has 2 aromatic heterocycles. The van der Waals surface area contributed by atoms with Gasteiger partial charge in [0.05, 0.1) is 6.54 Å². The Labute approximate surface area is 162 Å². The van der Waals surface area contributed by atoms with E-state index < -0.39 is 29.4 Å². The number of aromatic nitrogens is 2. The van der Waals surface area contributed by atoms with E-state index in [1.54, 1.807) is 12.1 Å². The number of nitrogens with zero attached hydrogens (tertiary/aromatic N) is 3. The number of hydrogen-bond donors (Lipinski definition) is 1. The average Bonchev–Trinajstić information content (AvgIpc) is 3.15. The molecule has 5 nitrogen and oxygen atoms in total. The lowest BCUT2D eigenvalue weighted by Crippen LogP contribution is -2.44. The largest absolute Gasteiger partial charge is 0.354 e. The van der Waals surface area contributed by atoms with Gasteiger partial charge in [0.2, 0.25) is 5.95 Å². The maximum atomic E-state index is 13.4. The molecule has 4 rings (SSSR count). The summed E-state index contributed by atoms with van der Waals surface area (Å²) in [5.74, 6) is -0.816. The average molecular weight is 402 g/mol. The number of benzene rings is 1. The highest BCUT2D eigenvalue weighted by atomic mass is 19.3. The number of nitrogens with one attached hydrogen (secondary N) is 1. The van der Waals surface area contributed by atoms with E-state index in [0.29, 0.717) is 15.7 Å². The zero-order valence-corrected chi connectivity index (χ0v) is 14.8. The van der Waals surface area contributed by atoms with Crippen LogP contribution in [0.25, 0.3) is 0 Å². The Hall–Kier alpha value is -3.49. The van der Waals surface area contributed by atoms with Gasteiger partial charge in [-0.25, -0.2) is 9.37 Å². The maximum absolute atomic E-state index is 13.4. The van der Waals surface area contributed by atoms with E-state index in [1.165, 1.54) is 36.5 Å². The van der Waals surface area contributed by atoms with Crippen LogP contribution in [0.15, 0.2) is 70.7 Å². The fraction of sp³-hybridized carbons (Fsp3) is 0.150. The van der Waals surface area contributed by atoms with Crippen molar-refractivity contribution in [3.05, 3.63) is 99.7 Å². The zero-order chi connectivity index (χ0) is 20.6. The summed E-state index contributed by atoms with van der Waals surface area (Å²) in [4.78, 5) is 19.7. The summed E-state index contributed by atoms with van der Waals surface area (Å²) in [5.41, 5.74) is -0.367. The van der Waals surface area contributed by atoms with Gasteiger partial charge in [-0.1, -0.05) is 18.2 Å². The van der Waals surface area contributed by atoms with Crippen molar-refractivity contribution in [1.82, 2.24) is 14.9 Å². The molecule has 0 fully saturated rings. The van der Waals surface area contributed by atoms with Crippen LogP contribution in [-0.2, 0) is 5.54 Å². The van der Waals surface area contributed by atoms with Crippen molar-refractivity contribution in [3.63, 3.8) is 0 Å². The van der Waals surface area contributed by atoms with Gasteiger partial charge in [-0.15, -0.1) is 0 Å². The SMILES string of the molecule is O=c1ccc(C2=NCC(c3ccc(F)cc3)(c3ccc(F)nc3)N2)cn1C(F)F. The van der Waals surface area contributed by atoms with Crippen molar-refractivity contribution in [2.75, 3.05) is 6.54 Å². The third-order valence-electron chi connectivity index (χ3n) is 4.79. The van der Waals surface area contributed by atoms with Crippen molar-refractivity contribution in [1.29, 1.82) is 0 Å². The summed E-state index contributed by atoms with van der Waals surface area (Å²) in [6, 6.07) is 10.8. The molecule has 0 saturated carbocycles. The molecule has 3 aromatic rings. The van der Waals surface area contributed by atoms with Crippen LogP contribution in [0.3, 0.4) is 0 Å². The van der Waals surface area contributed by atoms with Gasteiger partial charge in [-0.05, 0) is 29.8 Å². The van der Waals surface area contributed by atoms with Crippen LogP contribution in [0.1, 0.15) is 23.2 Å². The molecule has 0 aliphatic carbocycles. The molecule has 29 heavy (non-hydrogen) atoms. The summed E-state index contributed by atoms with van der Waals surface area (Å²) in [6.07, 6.45) is 2.35. The van der Waals surface area contributed by atoms with Gasteiger partial charge in [0.1, 0.15) is 17.2 Å². The molecule has 0 spiro atoms. The molecule has 1 aliphatic rings. The van der Waals surface area contributed by atoms with Crippen molar-refractivity contribution < 1.29 is 17.6 Å². The molecular formula is C20H14F4N4O. The lowest BCUT2D eigenvalue weighted by molar-refractivity contribution is 0.0663. The maximum Gasteiger partial charge on any atom is 0.321 e. The third kappa shape index (κ3) is 3.39. The Morgan fingerprint density at radius 2 is 1.72 bits per heavy atom. The van der Waals surface area contributed by atoms with Crippen LogP contribution in [0.5, 0.6) is 0 Å². The fourth-order valence-electron chi connectivity index (χ4n) is 3.29. The van der Waals surface area contributed by atoms with Gasteiger partial charge in [0.25, 0.3) is 5.56 Å². The van der Waals surface area contributed by atoms with E-state index in [2.05, 4.69) is 15.3 Å². The normalized spacial score (nSPS) is 18.6. The van der Waals surface area contributed by atoms with E-state index in [9.17, 15) is 22.4 Å². The van der Waals surface area contributed by atoms with Gasteiger partial charge in [0.15, 0.2) is 0 Å². The fourth-order valence-corrected chi connectivity index (χ4v) is 3.29. The van der Waals surface area contributed by atoms with Gasteiger partial charge < -0.3 is 5.32 Å². The highest BCUT2D eigenvalue weighted by molar-refractivity contribution is 6.00. The van der Waals surface area contributed by atoms with Crippen LogP contribution < -0.4 is 10.9 Å². The summed E-state index contributed by atoms with van der Waals surface area (Å²) in [7, 11) is 0. The lowest BCUT2D eigenvalue weighted by Gasteiger charge is -2.31. The molecule has 148 valence electrons. The quantitative estimate of drug-likeness (QED) is 0.539. The number of alkyl halides is 2. The minimum absolute atomic E-state index is 0.134. The molecule has 0 radical (unpaired) electrons. The molecule has 9 heteroatoms. The van der Waals surface area contributed by atoms with Crippen LogP contribution in [0.4, 0.5) is 17.6 Å². The minimum Gasteiger partial charge on any atom is -0.354 e. The molecule has 1 N–H and O–H groups in total. The van der Waals surface area contributed by atoms with Crippen LogP contribution in [0.2, 0.25) is 0 Å². The molecule has 1 aliphatic heterocycles. The summed E-state index contributed by atoms with van der Waals surface area (Å²) in [6.45, 7) is -2.86. The highest BCUT2D eigenvalue weighted by Crippen LogP contribution is 2.34. The van der Waals surface area contributed by atoms with Crippen molar-refractivity contribution in [2.24, 2.45) is 4.99 Å². The third-order valence-corrected chi connectivity index (χ3v) is 4.79. The summed E-state index contributed by atoms with van der Waals surface area (Å²) >= 11 is 0. The van der Waals surface area contributed by atoms with Crippen molar-refractivity contribution >= 4 is 5.84 Å². The molecule has 3 heterocycles. The summed E-state index contributed by atoms with van der Waals surface area (Å²) < 4.78 is 53.2. The van der Waals surface area contributed by atoms with Crippen molar-refractivity contribution in [2.45, 2.75) is 12.1 Å². The van der Waals surface area contributed by atoms with Gasteiger partial charge in [-0.2, -0.15) is 13.2 Å². The Morgan fingerprint density at radius 1 is 1.00 bits per heavy atom. The van der Waals surface area contributed by atoms with Crippen LogP contribution in [0, 0.1) is 11.8 Å². The van der Waals surface area contributed by atoms with E-state index in [-0.39, 0.29) is 17.9 Å². The molecule has 0 amide bonds. The van der Waals surface area contributed by atoms with E-state index in [0.717, 1.165) is 12.3 Å². The number of rotatable bonds is 4. The van der Waals surface area contributed by atoms with E-state index >= 15 is 0 Å². The zero-order valence-electron chi connectivity index (χ0n) is 14.8. The first-order chi connectivity index (χ1) is 13.9. The Balaban J connectivity index is 1.78. The number of aliphatic imine (C=N–C) groups is 1. The smallest absolute Gasteiger partial charge is 0.321 e. The van der Waals surface area contributed by atoms with Gasteiger partial charge >= 0.3 is 6.55 Å². The highest BCUT2D eigenvalue weighted by Gasteiger charge is 2.40. The monoisotopic (exact) mass is 402 g/mol. The Bertz CT molecular complexity index is 1080. The molecule has 1 unspecified atom stereocenters. The first kappa shape index (κ1) is 18.9. The van der Waals surface area contributed by atoms with E-state index in [1.807, 2.05) is 0 Å². The first-order valence-electron chi connectivity index (χ1n) is 8.60. The predicted molar refractivity (Wildman–Crippen MR) is 97.9 cm³/mol. The van der Waals surface area contributed by atoms with E-state index in [4.69, 9.17) is 0 Å². The number of amidine groups is 1. The molecule has 0 saturated heterocycles. The second kappa shape index (κ2) is 7.16. The van der Waals surface area contributed by atoms with Crippen LogP contribution in [-0.4, -0.2) is 21.9 Å². The number of halogens is 4. The van der Waals surface area contributed by atoms with Crippen molar-refractivity contribution in [3.8, 4) is 0 Å². The molecule has 1 aromatic carbocycles. The van der Waals surface area contributed by atoms with Gasteiger partial charge in [-0.3, -0.25) is 14.4 Å². The molecule has 0 bridgehead atoms. The first-order valence-corrected chi connectivity index (χ1v) is 8.60. The summed E-state index contributed by atoms with van der Waals surface area (Å²) in [5, 5.41) is 3.18.